The summed E-state index contributed by atoms with van der Waals surface area (Å²) in [6, 6.07) is 8.22. The number of hydrogen-bond acceptors (Lipinski definition) is 4. The number of pyridine rings is 2. The predicted octanol–water partition coefficient (Wildman–Crippen LogP) is 2.61. The fourth-order valence-corrected chi connectivity index (χ4v) is 2.10. The molecule has 3 aromatic heterocycles. The van der Waals surface area contributed by atoms with Crippen LogP contribution < -0.4 is 5.32 Å². The number of nitrogens with zero attached hydrogens (tertiary/aromatic N) is 4. The molecule has 0 saturated carbocycles. The summed E-state index contributed by atoms with van der Waals surface area (Å²) >= 11 is 0. The lowest BCUT2D eigenvalue weighted by atomic mass is 10.1. The molecule has 0 bridgehead atoms. The van der Waals surface area contributed by atoms with Crippen molar-refractivity contribution in [1.82, 2.24) is 19.6 Å². The molecule has 0 spiro atoms. The molecule has 5 heteroatoms. The first-order chi connectivity index (χ1) is 9.24. The van der Waals surface area contributed by atoms with Gasteiger partial charge in [-0.2, -0.15) is 9.61 Å². The first-order valence-corrected chi connectivity index (χ1v) is 6.21. The van der Waals surface area contributed by atoms with E-state index in [1.165, 1.54) is 0 Å². The van der Waals surface area contributed by atoms with Gasteiger partial charge in [0.15, 0.2) is 5.65 Å². The number of fused-ring (bicyclic) bond motifs is 1. The Morgan fingerprint density at radius 3 is 3.00 bits per heavy atom. The maximum atomic E-state index is 4.23. The van der Waals surface area contributed by atoms with Crippen LogP contribution in [-0.2, 0) is 0 Å². The summed E-state index contributed by atoms with van der Waals surface area (Å²) in [7, 11) is 0. The van der Waals surface area contributed by atoms with Gasteiger partial charge in [-0.15, -0.1) is 0 Å². The van der Waals surface area contributed by atoms with E-state index in [4.69, 9.17) is 0 Å². The topological polar surface area (TPSA) is 55.1 Å². The first kappa shape index (κ1) is 11.6. The maximum Gasteiger partial charge on any atom is 0.157 e. The zero-order chi connectivity index (χ0) is 13.2. The quantitative estimate of drug-likeness (QED) is 0.779. The van der Waals surface area contributed by atoms with E-state index >= 15 is 0 Å². The van der Waals surface area contributed by atoms with Crippen molar-refractivity contribution < 1.29 is 0 Å². The van der Waals surface area contributed by atoms with Crippen LogP contribution in [0.15, 0.2) is 43.0 Å². The molecule has 0 amide bonds. The Balaban J connectivity index is 1.95. The summed E-state index contributed by atoms with van der Waals surface area (Å²) in [6.45, 7) is 4.15. The second-order valence-corrected chi connectivity index (χ2v) is 4.60. The number of aryl methyl sites for hydroxylation is 1. The normalized spacial score (nSPS) is 12.5. The van der Waals surface area contributed by atoms with Crippen LogP contribution in [0.3, 0.4) is 0 Å². The second kappa shape index (κ2) is 4.68. The molecule has 96 valence electrons. The zero-order valence-electron chi connectivity index (χ0n) is 10.9. The van der Waals surface area contributed by atoms with Gasteiger partial charge in [-0.05, 0) is 43.2 Å². The Morgan fingerprint density at radius 2 is 2.21 bits per heavy atom. The van der Waals surface area contributed by atoms with E-state index in [-0.39, 0.29) is 6.04 Å². The minimum atomic E-state index is 0.155. The SMILES string of the molecule is Cc1cc(NC(C)c2cccnc2)n2ncnc2c1. The Bertz CT molecular complexity index is 689. The molecule has 0 radical (unpaired) electrons. The fourth-order valence-electron chi connectivity index (χ4n) is 2.10. The summed E-state index contributed by atoms with van der Waals surface area (Å²) < 4.78 is 1.81. The number of aromatic nitrogens is 4. The molecule has 0 fully saturated rings. The molecule has 0 aromatic carbocycles. The average molecular weight is 253 g/mol. The van der Waals surface area contributed by atoms with Gasteiger partial charge in [0.2, 0.25) is 0 Å². The maximum absolute atomic E-state index is 4.23. The summed E-state index contributed by atoms with van der Waals surface area (Å²) in [4.78, 5) is 8.36. The molecule has 0 aliphatic rings. The van der Waals surface area contributed by atoms with Crippen molar-refractivity contribution in [3.8, 4) is 0 Å². The van der Waals surface area contributed by atoms with Gasteiger partial charge >= 0.3 is 0 Å². The molecular formula is C14H15N5. The van der Waals surface area contributed by atoms with Crippen LogP contribution in [0.1, 0.15) is 24.1 Å². The molecule has 1 atom stereocenters. The lowest BCUT2D eigenvalue weighted by Crippen LogP contribution is -2.10. The third-order valence-corrected chi connectivity index (χ3v) is 3.07. The zero-order valence-corrected chi connectivity index (χ0v) is 10.9. The largest absolute Gasteiger partial charge is 0.363 e. The fraction of sp³-hybridized carbons (Fsp3) is 0.214. The highest BCUT2D eigenvalue weighted by Gasteiger charge is 2.09. The monoisotopic (exact) mass is 253 g/mol. The molecule has 3 heterocycles. The third kappa shape index (κ3) is 2.27. The lowest BCUT2D eigenvalue weighted by Gasteiger charge is -2.16. The van der Waals surface area contributed by atoms with E-state index in [1.54, 1.807) is 17.0 Å². The van der Waals surface area contributed by atoms with Crippen molar-refractivity contribution in [3.63, 3.8) is 0 Å². The summed E-state index contributed by atoms with van der Waals surface area (Å²) in [5, 5.41) is 7.68. The van der Waals surface area contributed by atoms with Gasteiger partial charge < -0.3 is 5.32 Å². The molecule has 1 unspecified atom stereocenters. The molecule has 0 aliphatic heterocycles. The lowest BCUT2D eigenvalue weighted by molar-refractivity contribution is 0.839. The van der Waals surface area contributed by atoms with Crippen molar-refractivity contribution in [1.29, 1.82) is 0 Å². The van der Waals surface area contributed by atoms with E-state index in [2.05, 4.69) is 46.4 Å². The number of anilines is 1. The van der Waals surface area contributed by atoms with Crippen molar-refractivity contribution in [3.05, 3.63) is 54.1 Å². The summed E-state index contributed by atoms with van der Waals surface area (Å²) in [5.41, 5.74) is 3.14. The highest BCUT2D eigenvalue weighted by molar-refractivity contribution is 5.52. The summed E-state index contributed by atoms with van der Waals surface area (Å²) in [6.07, 6.45) is 5.21. The molecule has 5 nitrogen and oxygen atoms in total. The Labute approximate surface area is 111 Å². The molecule has 0 aliphatic carbocycles. The van der Waals surface area contributed by atoms with E-state index in [9.17, 15) is 0 Å². The van der Waals surface area contributed by atoms with Crippen LogP contribution in [0.2, 0.25) is 0 Å². The van der Waals surface area contributed by atoms with Crippen LogP contribution in [-0.4, -0.2) is 19.6 Å². The van der Waals surface area contributed by atoms with Crippen LogP contribution in [0.4, 0.5) is 5.82 Å². The van der Waals surface area contributed by atoms with Crippen molar-refractivity contribution >= 4 is 11.5 Å². The number of hydrogen-bond donors (Lipinski definition) is 1. The van der Waals surface area contributed by atoms with Crippen LogP contribution >= 0.6 is 0 Å². The van der Waals surface area contributed by atoms with Gasteiger partial charge in [0.1, 0.15) is 12.1 Å². The van der Waals surface area contributed by atoms with Gasteiger partial charge in [0.05, 0.1) is 6.04 Å². The number of nitrogens with one attached hydrogen (secondary N) is 1. The Hall–Kier alpha value is -2.43. The van der Waals surface area contributed by atoms with E-state index in [0.29, 0.717) is 0 Å². The third-order valence-electron chi connectivity index (χ3n) is 3.07. The van der Waals surface area contributed by atoms with Gasteiger partial charge in [0.25, 0.3) is 0 Å². The van der Waals surface area contributed by atoms with Gasteiger partial charge in [-0.1, -0.05) is 6.07 Å². The average Bonchev–Trinajstić information content (AvgIpc) is 2.88. The van der Waals surface area contributed by atoms with Crippen LogP contribution in [0.5, 0.6) is 0 Å². The second-order valence-electron chi connectivity index (χ2n) is 4.60. The molecule has 1 N–H and O–H groups in total. The summed E-state index contributed by atoms with van der Waals surface area (Å²) in [5.74, 6) is 0.934. The van der Waals surface area contributed by atoms with Crippen LogP contribution in [0.25, 0.3) is 5.65 Å². The van der Waals surface area contributed by atoms with Gasteiger partial charge in [0, 0.05) is 12.4 Å². The highest BCUT2D eigenvalue weighted by atomic mass is 15.3. The van der Waals surface area contributed by atoms with Crippen molar-refractivity contribution in [2.45, 2.75) is 19.9 Å². The van der Waals surface area contributed by atoms with Gasteiger partial charge in [-0.25, -0.2) is 4.98 Å². The minimum absolute atomic E-state index is 0.155. The smallest absolute Gasteiger partial charge is 0.157 e. The standard InChI is InChI=1S/C14H15N5/c1-10-6-13-16-9-17-19(13)14(7-10)18-11(2)12-4-3-5-15-8-12/h3-9,11,18H,1-2H3. The van der Waals surface area contributed by atoms with Crippen LogP contribution in [0, 0.1) is 6.92 Å². The molecule has 3 rings (SSSR count). The highest BCUT2D eigenvalue weighted by Crippen LogP contribution is 2.20. The predicted molar refractivity (Wildman–Crippen MR) is 74.0 cm³/mol. The van der Waals surface area contributed by atoms with Gasteiger partial charge in [-0.3, -0.25) is 4.98 Å². The van der Waals surface area contributed by atoms with E-state index in [1.807, 2.05) is 18.3 Å². The molecule has 19 heavy (non-hydrogen) atoms. The first-order valence-electron chi connectivity index (χ1n) is 6.21. The Kier molecular flexibility index (Phi) is 2.87. The molecular weight excluding hydrogens is 238 g/mol. The number of rotatable bonds is 3. The molecule has 3 aromatic rings. The van der Waals surface area contributed by atoms with Crippen molar-refractivity contribution in [2.75, 3.05) is 5.32 Å². The Morgan fingerprint density at radius 1 is 1.32 bits per heavy atom. The van der Waals surface area contributed by atoms with E-state index in [0.717, 1.165) is 22.6 Å². The minimum Gasteiger partial charge on any atom is -0.363 e. The molecule has 0 saturated heterocycles. The van der Waals surface area contributed by atoms with Crippen molar-refractivity contribution in [2.24, 2.45) is 0 Å². The van der Waals surface area contributed by atoms with E-state index < -0.39 is 0 Å².